The SMILES string of the molecule is CSC1C(C(=O)c2ccc(Cl)cc2)=C(CC(=O)O)C(=O)N1CC1CCCO1. The number of ketones is 1. The Bertz CT molecular complexity index is 786. The molecule has 0 aromatic heterocycles. The van der Waals surface area contributed by atoms with Gasteiger partial charge >= 0.3 is 5.97 Å². The lowest BCUT2D eigenvalue weighted by atomic mass is 9.98. The number of rotatable bonds is 7. The van der Waals surface area contributed by atoms with Crippen LogP contribution in [0.25, 0.3) is 0 Å². The third-order valence-electron chi connectivity index (χ3n) is 4.70. The minimum atomic E-state index is -1.14. The molecule has 1 aromatic rings. The zero-order chi connectivity index (χ0) is 19.6. The van der Waals surface area contributed by atoms with Crippen LogP contribution in [-0.4, -0.2) is 58.6 Å². The summed E-state index contributed by atoms with van der Waals surface area (Å²) in [6, 6.07) is 6.36. The van der Waals surface area contributed by atoms with Crippen LogP contribution >= 0.6 is 23.4 Å². The van der Waals surface area contributed by atoms with Gasteiger partial charge in [-0.3, -0.25) is 14.4 Å². The third-order valence-corrected chi connectivity index (χ3v) is 5.89. The van der Waals surface area contributed by atoms with Crippen LogP contribution in [0.5, 0.6) is 0 Å². The number of carbonyl (C=O) groups excluding carboxylic acids is 2. The monoisotopic (exact) mass is 409 g/mol. The molecule has 144 valence electrons. The maximum absolute atomic E-state index is 13.1. The van der Waals surface area contributed by atoms with E-state index in [-0.39, 0.29) is 23.0 Å². The number of thioether (sulfide) groups is 1. The normalized spacial score (nSPS) is 22.6. The molecule has 0 radical (unpaired) electrons. The summed E-state index contributed by atoms with van der Waals surface area (Å²) in [7, 11) is 0. The lowest BCUT2D eigenvalue weighted by Crippen LogP contribution is -2.40. The quantitative estimate of drug-likeness (QED) is 0.697. The molecule has 27 heavy (non-hydrogen) atoms. The van der Waals surface area contributed by atoms with Crippen molar-refractivity contribution in [1.82, 2.24) is 4.90 Å². The predicted octanol–water partition coefficient (Wildman–Crippen LogP) is 3.00. The number of hydrogen-bond acceptors (Lipinski definition) is 5. The summed E-state index contributed by atoms with van der Waals surface area (Å²) in [4.78, 5) is 39.0. The molecule has 6 nitrogen and oxygen atoms in total. The van der Waals surface area contributed by atoms with Crippen molar-refractivity contribution in [2.45, 2.75) is 30.7 Å². The molecule has 2 aliphatic heterocycles. The van der Waals surface area contributed by atoms with Crippen molar-refractivity contribution in [2.24, 2.45) is 0 Å². The Balaban J connectivity index is 1.97. The fraction of sp³-hybridized carbons (Fsp3) is 0.421. The van der Waals surface area contributed by atoms with Crippen molar-refractivity contribution in [3.05, 3.63) is 46.0 Å². The van der Waals surface area contributed by atoms with Gasteiger partial charge in [0.1, 0.15) is 5.37 Å². The first kappa shape index (κ1) is 19.9. The summed E-state index contributed by atoms with van der Waals surface area (Å²) >= 11 is 7.23. The van der Waals surface area contributed by atoms with Crippen LogP contribution in [0.3, 0.4) is 0 Å². The highest BCUT2D eigenvalue weighted by molar-refractivity contribution is 7.99. The zero-order valence-corrected chi connectivity index (χ0v) is 16.4. The van der Waals surface area contributed by atoms with Gasteiger partial charge in [-0.1, -0.05) is 11.6 Å². The lowest BCUT2D eigenvalue weighted by Gasteiger charge is -2.27. The average Bonchev–Trinajstić information content (AvgIpc) is 3.23. The molecule has 0 spiro atoms. The number of benzene rings is 1. The van der Waals surface area contributed by atoms with Gasteiger partial charge in [0.15, 0.2) is 5.78 Å². The molecule has 0 bridgehead atoms. The first-order valence-corrected chi connectivity index (χ1v) is 10.3. The molecular weight excluding hydrogens is 390 g/mol. The van der Waals surface area contributed by atoms with Gasteiger partial charge in [-0.15, -0.1) is 11.8 Å². The second-order valence-electron chi connectivity index (χ2n) is 6.48. The van der Waals surface area contributed by atoms with Gasteiger partial charge < -0.3 is 14.7 Å². The Hall–Kier alpha value is -1.83. The molecule has 1 aromatic carbocycles. The largest absolute Gasteiger partial charge is 0.481 e. The van der Waals surface area contributed by atoms with E-state index >= 15 is 0 Å². The van der Waals surface area contributed by atoms with Gasteiger partial charge in [-0.2, -0.15) is 0 Å². The molecule has 2 aliphatic rings. The fourth-order valence-corrected chi connectivity index (χ4v) is 4.51. The van der Waals surface area contributed by atoms with Crippen molar-refractivity contribution >= 4 is 41.0 Å². The van der Waals surface area contributed by atoms with Crippen LogP contribution in [0.15, 0.2) is 35.4 Å². The van der Waals surface area contributed by atoms with E-state index in [2.05, 4.69) is 0 Å². The summed E-state index contributed by atoms with van der Waals surface area (Å²) in [5, 5.41) is 9.23. The smallest absolute Gasteiger partial charge is 0.308 e. The summed E-state index contributed by atoms with van der Waals surface area (Å²) in [5.41, 5.74) is 0.679. The molecule has 1 N–H and O–H groups in total. The summed E-state index contributed by atoms with van der Waals surface area (Å²) in [5.74, 6) is -1.88. The first-order valence-electron chi connectivity index (χ1n) is 8.62. The van der Waals surface area contributed by atoms with E-state index in [9.17, 15) is 19.5 Å². The first-order chi connectivity index (χ1) is 12.9. The van der Waals surface area contributed by atoms with Gasteiger partial charge in [0.05, 0.1) is 12.5 Å². The number of Topliss-reactive ketones (excluding diaryl/α,β-unsaturated/α-hetero) is 1. The third kappa shape index (κ3) is 4.20. The van der Waals surface area contributed by atoms with Gasteiger partial charge in [-0.05, 0) is 43.4 Å². The maximum Gasteiger partial charge on any atom is 0.308 e. The standard InChI is InChI=1S/C19H20ClNO5S/c1-27-19-16(17(24)11-4-6-12(20)7-5-11)14(9-15(22)23)18(25)21(19)10-13-3-2-8-26-13/h4-7,13,19H,2-3,8-10H2,1H3,(H,22,23). The second-order valence-corrected chi connectivity index (χ2v) is 7.83. The number of amides is 1. The highest BCUT2D eigenvalue weighted by Gasteiger charge is 2.43. The van der Waals surface area contributed by atoms with E-state index in [0.717, 1.165) is 12.8 Å². The minimum absolute atomic E-state index is 0.0554. The number of carboxylic acid groups (broad SMARTS) is 1. The van der Waals surface area contributed by atoms with Gasteiger partial charge in [0, 0.05) is 34.9 Å². The zero-order valence-electron chi connectivity index (χ0n) is 14.8. The number of halogens is 1. The van der Waals surface area contributed by atoms with E-state index in [0.29, 0.717) is 23.7 Å². The molecule has 0 aliphatic carbocycles. The Kier molecular flexibility index (Phi) is 6.24. The van der Waals surface area contributed by atoms with Gasteiger partial charge in [0.25, 0.3) is 5.91 Å². The van der Waals surface area contributed by atoms with Crippen LogP contribution in [0.4, 0.5) is 0 Å². The van der Waals surface area contributed by atoms with Crippen molar-refractivity contribution in [1.29, 1.82) is 0 Å². The van der Waals surface area contributed by atoms with Crippen LogP contribution in [0.1, 0.15) is 29.6 Å². The minimum Gasteiger partial charge on any atom is -0.481 e. The summed E-state index contributed by atoms with van der Waals surface area (Å²) < 4.78 is 5.63. The highest BCUT2D eigenvalue weighted by atomic mass is 35.5. The van der Waals surface area contributed by atoms with E-state index in [1.165, 1.54) is 11.8 Å². The van der Waals surface area contributed by atoms with Crippen molar-refractivity contribution in [2.75, 3.05) is 19.4 Å². The van der Waals surface area contributed by atoms with E-state index in [4.69, 9.17) is 16.3 Å². The molecule has 0 saturated carbocycles. The molecule has 2 unspecified atom stereocenters. The van der Waals surface area contributed by atoms with Crippen molar-refractivity contribution < 1.29 is 24.2 Å². The van der Waals surface area contributed by atoms with Crippen LogP contribution < -0.4 is 0 Å². The molecule has 3 rings (SSSR count). The predicted molar refractivity (Wildman–Crippen MR) is 103 cm³/mol. The molecule has 1 saturated heterocycles. The number of carboxylic acids is 1. The molecule has 1 fully saturated rings. The van der Waals surface area contributed by atoms with E-state index in [1.807, 2.05) is 0 Å². The molecule has 8 heteroatoms. The number of ether oxygens (including phenoxy) is 1. The fourth-order valence-electron chi connectivity index (χ4n) is 3.46. The Morgan fingerprint density at radius 1 is 1.33 bits per heavy atom. The van der Waals surface area contributed by atoms with E-state index < -0.39 is 23.7 Å². The maximum atomic E-state index is 13.1. The van der Waals surface area contributed by atoms with Gasteiger partial charge in [-0.25, -0.2) is 0 Å². The van der Waals surface area contributed by atoms with Crippen LogP contribution in [0.2, 0.25) is 5.02 Å². The average molecular weight is 410 g/mol. The summed E-state index contributed by atoms with van der Waals surface area (Å²) in [6.07, 6.45) is 3.02. The summed E-state index contributed by atoms with van der Waals surface area (Å²) in [6.45, 7) is 1.01. The highest BCUT2D eigenvalue weighted by Crippen LogP contribution is 2.37. The lowest BCUT2D eigenvalue weighted by molar-refractivity contribution is -0.137. The molecule has 2 heterocycles. The van der Waals surface area contributed by atoms with Crippen LogP contribution in [-0.2, 0) is 14.3 Å². The number of hydrogen-bond donors (Lipinski definition) is 1. The Morgan fingerprint density at radius 2 is 2.04 bits per heavy atom. The number of aliphatic carboxylic acids is 1. The molecule has 1 amide bonds. The molecule has 2 atom stereocenters. The van der Waals surface area contributed by atoms with E-state index in [1.54, 1.807) is 35.4 Å². The van der Waals surface area contributed by atoms with Crippen LogP contribution in [0, 0.1) is 0 Å². The number of carbonyl (C=O) groups is 3. The topological polar surface area (TPSA) is 83.9 Å². The van der Waals surface area contributed by atoms with Gasteiger partial charge in [0.2, 0.25) is 0 Å². The Morgan fingerprint density at radius 3 is 2.59 bits per heavy atom. The Labute approximate surface area is 166 Å². The van der Waals surface area contributed by atoms with Crippen molar-refractivity contribution in [3.8, 4) is 0 Å². The molecular formula is C19H20ClNO5S. The number of nitrogens with zero attached hydrogens (tertiary/aromatic N) is 1. The van der Waals surface area contributed by atoms with Crippen molar-refractivity contribution in [3.63, 3.8) is 0 Å². The second kappa shape index (κ2) is 8.46.